The summed E-state index contributed by atoms with van der Waals surface area (Å²) in [6.45, 7) is 0. The van der Waals surface area contributed by atoms with Crippen molar-refractivity contribution in [3.05, 3.63) is 56.0 Å². The van der Waals surface area contributed by atoms with E-state index in [0.29, 0.717) is 36.8 Å². The van der Waals surface area contributed by atoms with Gasteiger partial charge in [-0.05, 0) is 29.3 Å². The first-order chi connectivity index (χ1) is 9.38. The van der Waals surface area contributed by atoms with Gasteiger partial charge in [0.05, 0.1) is 16.5 Å². The van der Waals surface area contributed by atoms with Crippen molar-refractivity contribution in [3.63, 3.8) is 0 Å². The Morgan fingerprint density at radius 3 is 2.05 bits per heavy atom. The van der Waals surface area contributed by atoms with Gasteiger partial charge >= 0.3 is 5.97 Å². The van der Waals surface area contributed by atoms with Gasteiger partial charge < -0.3 is 5.11 Å². The van der Waals surface area contributed by atoms with Gasteiger partial charge in [0, 0.05) is 15.6 Å². The Hall–Kier alpha value is -0.930. The number of carbonyl (C=O) groups is 1. The van der Waals surface area contributed by atoms with E-state index in [1.807, 2.05) is 0 Å². The van der Waals surface area contributed by atoms with Crippen molar-refractivity contribution in [1.29, 1.82) is 0 Å². The highest BCUT2D eigenvalue weighted by molar-refractivity contribution is 6.42. The fraction of sp³-hybridized carbons (Fsp3) is 0.0714. The van der Waals surface area contributed by atoms with E-state index in [4.69, 9.17) is 51.5 Å². The third kappa shape index (κ3) is 3.39. The van der Waals surface area contributed by atoms with E-state index in [1.54, 1.807) is 30.3 Å². The van der Waals surface area contributed by atoms with Crippen LogP contribution >= 0.6 is 46.4 Å². The molecule has 0 aliphatic rings. The average molecular weight is 350 g/mol. The van der Waals surface area contributed by atoms with Gasteiger partial charge in [0.2, 0.25) is 0 Å². The van der Waals surface area contributed by atoms with Crippen LogP contribution in [0.15, 0.2) is 30.3 Å². The Morgan fingerprint density at radius 1 is 0.950 bits per heavy atom. The van der Waals surface area contributed by atoms with Gasteiger partial charge in [-0.25, -0.2) is 0 Å². The monoisotopic (exact) mass is 348 g/mol. The lowest BCUT2D eigenvalue weighted by Crippen LogP contribution is -2.00. The summed E-state index contributed by atoms with van der Waals surface area (Å²) in [7, 11) is 0. The van der Waals surface area contributed by atoms with E-state index in [-0.39, 0.29) is 6.42 Å². The maximum atomic E-state index is 10.7. The van der Waals surface area contributed by atoms with Gasteiger partial charge in [0.1, 0.15) is 0 Å². The lowest BCUT2D eigenvalue weighted by Gasteiger charge is -2.10. The molecule has 0 saturated carbocycles. The van der Waals surface area contributed by atoms with Crippen molar-refractivity contribution in [2.45, 2.75) is 6.42 Å². The number of hydrogen-bond acceptors (Lipinski definition) is 1. The smallest absolute Gasteiger partial charge is 0.307 e. The number of carboxylic acid groups (broad SMARTS) is 1. The van der Waals surface area contributed by atoms with Crippen LogP contribution in [0.1, 0.15) is 5.56 Å². The zero-order valence-corrected chi connectivity index (χ0v) is 13.0. The second kappa shape index (κ2) is 6.23. The summed E-state index contributed by atoms with van der Waals surface area (Å²) in [6.07, 6.45) is -0.138. The topological polar surface area (TPSA) is 37.3 Å². The van der Waals surface area contributed by atoms with E-state index in [1.165, 1.54) is 0 Å². The minimum atomic E-state index is -0.942. The summed E-state index contributed by atoms with van der Waals surface area (Å²) in [5.41, 5.74) is 1.85. The summed E-state index contributed by atoms with van der Waals surface area (Å²) < 4.78 is 0. The molecule has 0 spiro atoms. The van der Waals surface area contributed by atoms with Crippen LogP contribution in [0.4, 0.5) is 0 Å². The summed E-state index contributed by atoms with van der Waals surface area (Å²) in [5.74, 6) is -0.942. The second-order valence-corrected chi connectivity index (χ2v) is 5.78. The van der Waals surface area contributed by atoms with Gasteiger partial charge in [-0.15, -0.1) is 0 Å². The maximum Gasteiger partial charge on any atom is 0.307 e. The third-order valence-electron chi connectivity index (χ3n) is 2.69. The molecule has 0 saturated heterocycles. The SMILES string of the molecule is O=C(O)Cc1ccc(-c2c(Cl)cc(Cl)cc2Cl)cc1Cl. The molecular formula is C14H8Cl4O2. The number of aliphatic carboxylic acids is 1. The van der Waals surface area contributed by atoms with Crippen LogP contribution in [-0.4, -0.2) is 11.1 Å². The average Bonchev–Trinajstić information content (AvgIpc) is 2.30. The molecule has 0 amide bonds. The summed E-state index contributed by atoms with van der Waals surface area (Å²) in [4.78, 5) is 10.7. The second-order valence-electron chi connectivity index (χ2n) is 4.12. The Morgan fingerprint density at radius 2 is 1.55 bits per heavy atom. The maximum absolute atomic E-state index is 10.7. The molecule has 0 radical (unpaired) electrons. The van der Waals surface area contributed by atoms with E-state index in [0.717, 1.165) is 0 Å². The van der Waals surface area contributed by atoms with Crippen LogP contribution in [-0.2, 0) is 11.2 Å². The molecule has 0 aliphatic carbocycles. The third-order valence-corrected chi connectivity index (χ3v) is 3.86. The molecule has 104 valence electrons. The normalized spacial score (nSPS) is 10.6. The first-order valence-corrected chi connectivity index (χ1v) is 7.05. The zero-order valence-electron chi connectivity index (χ0n) is 9.96. The zero-order chi connectivity index (χ0) is 14.9. The molecule has 20 heavy (non-hydrogen) atoms. The predicted octanol–water partition coefficient (Wildman–Crippen LogP) is 5.59. The minimum absolute atomic E-state index is 0.138. The first-order valence-electron chi connectivity index (χ1n) is 5.53. The Kier molecular flexibility index (Phi) is 4.82. The van der Waals surface area contributed by atoms with E-state index < -0.39 is 5.97 Å². The fourth-order valence-electron chi connectivity index (χ4n) is 1.83. The number of benzene rings is 2. The molecule has 2 nitrogen and oxygen atoms in total. The van der Waals surface area contributed by atoms with Crippen LogP contribution < -0.4 is 0 Å². The molecule has 2 aromatic rings. The summed E-state index contributed by atoms with van der Waals surface area (Å²) >= 11 is 24.2. The molecular weight excluding hydrogens is 342 g/mol. The fourth-order valence-corrected chi connectivity index (χ4v) is 3.11. The molecule has 0 atom stereocenters. The molecule has 0 fully saturated rings. The lowest BCUT2D eigenvalue weighted by molar-refractivity contribution is -0.136. The van der Waals surface area contributed by atoms with E-state index in [9.17, 15) is 4.79 Å². The number of rotatable bonds is 3. The first kappa shape index (κ1) is 15.5. The molecule has 0 unspecified atom stereocenters. The number of carboxylic acids is 1. The Balaban J connectivity index is 2.50. The highest BCUT2D eigenvalue weighted by Crippen LogP contribution is 2.38. The van der Waals surface area contributed by atoms with Crippen molar-refractivity contribution in [3.8, 4) is 11.1 Å². The van der Waals surface area contributed by atoms with Crippen LogP contribution in [0, 0.1) is 0 Å². The largest absolute Gasteiger partial charge is 0.481 e. The van der Waals surface area contributed by atoms with Crippen molar-refractivity contribution in [1.82, 2.24) is 0 Å². The quantitative estimate of drug-likeness (QED) is 0.783. The number of hydrogen-bond donors (Lipinski definition) is 1. The summed E-state index contributed by atoms with van der Waals surface area (Å²) in [6, 6.07) is 8.19. The molecule has 0 aromatic heterocycles. The molecule has 0 bridgehead atoms. The summed E-state index contributed by atoms with van der Waals surface area (Å²) in [5, 5.41) is 10.4. The standard InChI is InChI=1S/C14H8Cl4O2/c15-9-5-11(17)14(12(18)6-9)8-2-1-7(4-13(19)20)10(16)3-8/h1-3,5-6H,4H2,(H,19,20). The van der Waals surface area contributed by atoms with Gasteiger partial charge in [-0.2, -0.15) is 0 Å². The van der Waals surface area contributed by atoms with Crippen molar-refractivity contribution >= 4 is 52.4 Å². The molecule has 2 rings (SSSR count). The highest BCUT2D eigenvalue weighted by Gasteiger charge is 2.13. The molecule has 6 heteroatoms. The number of halogens is 4. The van der Waals surface area contributed by atoms with Crippen LogP contribution in [0.2, 0.25) is 20.1 Å². The van der Waals surface area contributed by atoms with Gasteiger partial charge in [0.15, 0.2) is 0 Å². The Labute approximate surface area is 135 Å². The molecule has 0 heterocycles. The Bertz CT molecular complexity index is 660. The van der Waals surface area contributed by atoms with E-state index >= 15 is 0 Å². The van der Waals surface area contributed by atoms with Crippen LogP contribution in [0.5, 0.6) is 0 Å². The molecule has 0 aliphatic heterocycles. The van der Waals surface area contributed by atoms with Crippen molar-refractivity contribution in [2.24, 2.45) is 0 Å². The van der Waals surface area contributed by atoms with Crippen molar-refractivity contribution in [2.75, 3.05) is 0 Å². The van der Waals surface area contributed by atoms with Crippen LogP contribution in [0.3, 0.4) is 0 Å². The minimum Gasteiger partial charge on any atom is -0.481 e. The van der Waals surface area contributed by atoms with Gasteiger partial charge in [0.25, 0.3) is 0 Å². The van der Waals surface area contributed by atoms with Gasteiger partial charge in [-0.1, -0.05) is 58.5 Å². The predicted molar refractivity (Wildman–Crippen MR) is 83.3 cm³/mol. The van der Waals surface area contributed by atoms with E-state index in [2.05, 4.69) is 0 Å². The molecule has 1 N–H and O–H groups in total. The van der Waals surface area contributed by atoms with Gasteiger partial charge in [-0.3, -0.25) is 4.79 Å². The van der Waals surface area contributed by atoms with Crippen molar-refractivity contribution < 1.29 is 9.90 Å². The highest BCUT2D eigenvalue weighted by atomic mass is 35.5. The van der Waals surface area contributed by atoms with Crippen LogP contribution in [0.25, 0.3) is 11.1 Å². The lowest BCUT2D eigenvalue weighted by atomic mass is 10.0. The molecule has 2 aromatic carbocycles.